The monoisotopic (exact) mass is 214 g/mol. The van der Waals surface area contributed by atoms with E-state index in [4.69, 9.17) is 15.3 Å². The summed E-state index contributed by atoms with van der Waals surface area (Å²) in [7, 11) is 1.54. The third-order valence-corrected chi connectivity index (χ3v) is 1.96. The Hall–Kier alpha value is -2.30. The molecular weight excluding hydrogens is 204 g/mol. The number of methoxy groups -OCH3 is 1. The zero-order chi connectivity index (χ0) is 12.0. The highest BCUT2D eigenvalue weighted by Gasteiger charge is 2.08. The largest absolute Gasteiger partial charge is 0.497 e. The van der Waals surface area contributed by atoms with Crippen molar-refractivity contribution in [2.24, 2.45) is 0 Å². The summed E-state index contributed by atoms with van der Waals surface area (Å²) in [5, 5.41) is 26.5. The molecule has 0 aromatic heterocycles. The normalized spacial score (nSPS) is 12.4. The highest BCUT2D eigenvalue weighted by atomic mass is 16.5. The van der Waals surface area contributed by atoms with Gasteiger partial charge in [-0.1, -0.05) is 12.1 Å². The van der Waals surface area contributed by atoms with E-state index in [0.29, 0.717) is 11.3 Å². The van der Waals surface area contributed by atoms with Gasteiger partial charge in [0, 0.05) is 0 Å². The number of nitriles is 2. The molecule has 0 aliphatic heterocycles. The molecule has 0 bridgehead atoms. The van der Waals surface area contributed by atoms with Crippen LogP contribution in [-0.4, -0.2) is 18.3 Å². The van der Waals surface area contributed by atoms with Gasteiger partial charge in [0.2, 0.25) is 0 Å². The number of nitrogens with zero attached hydrogens (tertiary/aromatic N) is 2. The smallest absolute Gasteiger partial charge is 0.175 e. The Labute approximate surface area is 93.6 Å². The third-order valence-electron chi connectivity index (χ3n) is 1.96. The van der Waals surface area contributed by atoms with Crippen LogP contribution >= 0.6 is 0 Å². The molecule has 4 nitrogen and oxygen atoms in total. The van der Waals surface area contributed by atoms with Gasteiger partial charge >= 0.3 is 0 Å². The van der Waals surface area contributed by atoms with E-state index in [1.165, 1.54) is 13.2 Å². The molecule has 4 heteroatoms. The van der Waals surface area contributed by atoms with E-state index in [1.807, 2.05) is 0 Å². The van der Waals surface area contributed by atoms with Crippen molar-refractivity contribution in [1.82, 2.24) is 0 Å². The van der Waals surface area contributed by atoms with Crippen molar-refractivity contribution in [1.29, 1.82) is 10.5 Å². The fourth-order valence-electron chi connectivity index (χ4n) is 1.15. The maximum atomic E-state index is 9.22. The van der Waals surface area contributed by atoms with Crippen LogP contribution in [0.15, 0.2) is 29.8 Å². The molecule has 0 aliphatic rings. The van der Waals surface area contributed by atoms with Gasteiger partial charge in [0.15, 0.2) is 6.10 Å². The predicted octanol–water partition coefficient (Wildman–Crippen LogP) is 1.49. The average Bonchev–Trinajstić information content (AvgIpc) is 2.35. The topological polar surface area (TPSA) is 77.0 Å². The van der Waals surface area contributed by atoms with Gasteiger partial charge in [-0.3, -0.25) is 0 Å². The number of aliphatic hydroxyl groups excluding tert-OH is 1. The van der Waals surface area contributed by atoms with E-state index in [2.05, 4.69) is 0 Å². The molecule has 1 N–H and O–H groups in total. The minimum absolute atomic E-state index is 0.00996. The minimum atomic E-state index is -1.39. The second kappa shape index (κ2) is 5.55. The summed E-state index contributed by atoms with van der Waals surface area (Å²) in [5.41, 5.74) is 0.709. The molecule has 1 atom stereocenters. The summed E-state index contributed by atoms with van der Waals surface area (Å²) in [5.74, 6) is 0.650. The van der Waals surface area contributed by atoms with Crippen LogP contribution in [0, 0.1) is 22.7 Å². The van der Waals surface area contributed by atoms with Crippen molar-refractivity contribution in [2.75, 3.05) is 7.11 Å². The van der Waals surface area contributed by atoms with Gasteiger partial charge < -0.3 is 9.84 Å². The minimum Gasteiger partial charge on any atom is -0.497 e. The third kappa shape index (κ3) is 2.84. The maximum Gasteiger partial charge on any atom is 0.175 e. The Morgan fingerprint density at radius 3 is 2.81 bits per heavy atom. The van der Waals surface area contributed by atoms with E-state index < -0.39 is 6.10 Å². The fraction of sp³-hybridized carbons (Fsp3) is 0.167. The van der Waals surface area contributed by atoms with Gasteiger partial charge in [0.05, 0.1) is 24.8 Å². The highest BCUT2D eigenvalue weighted by Crippen LogP contribution is 2.16. The van der Waals surface area contributed by atoms with Crippen LogP contribution in [0.1, 0.15) is 5.56 Å². The van der Waals surface area contributed by atoms with Gasteiger partial charge in [0.25, 0.3) is 0 Å². The van der Waals surface area contributed by atoms with Crippen molar-refractivity contribution in [2.45, 2.75) is 6.10 Å². The predicted molar refractivity (Wildman–Crippen MR) is 58.2 cm³/mol. The van der Waals surface area contributed by atoms with E-state index in [-0.39, 0.29) is 5.57 Å². The highest BCUT2D eigenvalue weighted by molar-refractivity contribution is 5.60. The second-order valence-electron chi connectivity index (χ2n) is 3.02. The summed E-state index contributed by atoms with van der Waals surface area (Å²) in [6.45, 7) is 0. The first-order chi connectivity index (χ1) is 7.71. The number of rotatable bonds is 3. The molecule has 0 radical (unpaired) electrons. The molecule has 0 saturated carbocycles. The molecule has 1 aromatic carbocycles. The van der Waals surface area contributed by atoms with Crippen molar-refractivity contribution >= 4 is 6.08 Å². The van der Waals surface area contributed by atoms with E-state index in [9.17, 15) is 5.11 Å². The maximum absolute atomic E-state index is 9.22. The Bertz CT molecular complexity index is 481. The summed E-state index contributed by atoms with van der Waals surface area (Å²) >= 11 is 0. The van der Waals surface area contributed by atoms with Crippen LogP contribution in [0.25, 0.3) is 6.08 Å². The molecular formula is C12H10N2O2. The summed E-state index contributed by atoms with van der Waals surface area (Å²) in [6, 6.07) is 10.4. The van der Waals surface area contributed by atoms with E-state index in [0.717, 1.165) is 0 Å². The number of hydrogen-bond donors (Lipinski definition) is 1. The van der Waals surface area contributed by atoms with Gasteiger partial charge in [0.1, 0.15) is 5.75 Å². The summed E-state index contributed by atoms with van der Waals surface area (Å²) in [6.07, 6.45) is 0.0624. The van der Waals surface area contributed by atoms with Gasteiger partial charge in [-0.15, -0.1) is 0 Å². The first kappa shape index (κ1) is 11.8. The zero-order valence-electron chi connectivity index (χ0n) is 8.71. The Morgan fingerprint density at radius 1 is 1.50 bits per heavy atom. The SMILES string of the molecule is COc1cccc(/C=C(/C#N)C(O)C#N)c1. The Morgan fingerprint density at radius 2 is 2.25 bits per heavy atom. The molecule has 80 valence electrons. The molecule has 0 heterocycles. The molecule has 0 amide bonds. The molecule has 1 rings (SSSR count). The lowest BCUT2D eigenvalue weighted by Crippen LogP contribution is -2.04. The van der Waals surface area contributed by atoms with Gasteiger partial charge in [-0.05, 0) is 23.8 Å². The lowest BCUT2D eigenvalue weighted by atomic mass is 10.1. The van der Waals surface area contributed by atoms with Gasteiger partial charge in [-0.25, -0.2) is 0 Å². The van der Waals surface area contributed by atoms with Crippen LogP contribution in [0.3, 0.4) is 0 Å². The number of hydrogen-bond acceptors (Lipinski definition) is 4. The van der Waals surface area contributed by atoms with Crippen LogP contribution in [0.5, 0.6) is 5.75 Å². The molecule has 1 unspecified atom stereocenters. The van der Waals surface area contributed by atoms with Crippen LogP contribution in [0.4, 0.5) is 0 Å². The molecule has 0 spiro atoms. The van der Waals surface area contributed by atoms with Crippen molar-refractivity contribution in [3.8, 4) is 17.9 Å². The first-order valence-electron chi connectivity index (χ1n) is 4.54. The van der Waals surface area contributed by atoms with Crippen molar-refractivity contribution < 1.29 is 9.84 Å². The lowest BCUT2D eigenvalue weighted by Gasteiger charge is -2.02. The fourth-order valence-corrected chi connectivity index (χ4v) is 1.15. The van der Waals surface area contributed by atoms with E-state index in [1.54, 1.807) is 36.4 Å². The lowest BCUT2D eigenvalue weighted by molar-refractivity contribution is 0.271. The number of aliphatic hydroxyl groups is 1. The zero-order valence-corrected chi connectivity index (χ0v) is 8.71. The van der Waals surface area contributed by atoms with Crippen molar-refractivity contribution in [3.05, 3.63) is 35.4 Å². The molecule has 0 fully saturated rings. The molecule has 1 aromatic rings. The van der Waals surface area contributed by atoms with E-state index >= 15 is 0 Å². The summed E-state index contributed by atoms with van der Waals surface area (Å²) < 4.78 is 5.02. The van der Waals surface area contributed by atoms with Crippen molar-refractivity contribution in [3.63, 3.8) is 0 Å². The molecule has 0 aliphatic carbocycles. The Balaban J connectivity index is 3.06. The Kier molecular flexibility index (Phi) is 4.08. The quantitative estimate of drug-likeness (QED) is 0.610. The van der Waals surface area contributed by atoms with Gasteiger partial charge in [-0.2, -0.15) is 10.5 Å². The standard InChI is InChI=1S/C12H10N2O2/c1-16-11-4-2-3-9(6-11)5-10(7-13)12(15)8-14/h2-6,12,15H,1H3/b10-5-. The number of ether oxygens (including phenoxy) is 1. The number of benzene rings is 1. The average molecular weight is 214 g/mol. The summed E-state index contributed by atoms with van der Waals surface area (Å²) in [4.78, 5) is 0. The molecule has 16 heavy (non-hydrogen) atoms. The first-order valence-corrected chi connectivity index (χ1v) is 4.54. The van der Waals surface area contributed by atoms with Crippen LogP contribution in [0.2, 0.25) is 0 Å². The molecule has 0 saturated heterocycles. The van der Waals surface area contributed by atoms with Crippen LogP contribution < -0.4 is 4.74 Å². The van der Waals surface area contributed by atoms with Crippen LogP contribution in [-0.2, 0) is 0 Å². The second-order valence-corrected chi connectivity index (χ2v) is 3.02.